The Morgan fingerprint density at radius 1 is 1.29 bits per heavy atom. The van der Waals surface area contributed by atoms with Crippen molar-refractivity contribution in [3.8, 4) is 28.6 Å². The van der Waals surface area contributed by atoms with E-state index < -0.39 is 0 Å². The Morgan fingerprint density at radius 2 is 2.06 bits per heavy atom. The molecule has 17 heavy (non-hydrogen) atoms. The van der Waals surface area contributed by atoms with Gasteiger partial charge in [-0.2, -0.15) is 0 Å². The molecule has 0 spiro atoms. The molecule has 0 radical (unpaired) electrons. The molecule has 0 aliphatic carbocycles. The van der Waals surface area contributed by atoms with Gasteiger partial charge in [-0.1, -0.05) is 0 Å². The van der Waals surface area contributed by atoms with Gasteiger partial charge in [0.05, 0.1) is 12.7 Å². The lowest BCUT2D eigenvalue weighted by molar-refractivity contribution is 0.174. The third-order valence-corrected chi connectivity index (χ3v) is 2.76. The fourth-order valence-corrected chi connectivity index (χ4v) is 1.89. The number of nitrogens with zero attached hydrogens (tertiary/aromatic N) is 2. The largest absolute Gasteiger partial charge is 0.496 e. The van der Waals surface area contributed by atoms with Crippen molar-refractivity contribution in [2.75, 3.05) is 13.9 Å². The number of ether oxygens (including phenoxy) is 3. The number of hydrogen-bond acceptors (Lipinski definition) is 4. The maximum absolute atomic E-state index is 5.36. The summed E-state index contributed by atoms with van der Waals surface area (Å²) in [7, 11) is 3.57. The minimum absolute atomic E-state index is 0.252. The lowest BCUT2D eigenvalue weighted by Gasteiger charge is -2.09. The van der Waals surface area contributed by atoms with Crippen LogP contribution in [-0.2, 0) is 7.05 Å². The van der Waals surface area contributed by atoms with Crippen molar-refractivity contribution in [1.29, 1.82) is 0 Å². The summed E-state index contributed by atoms with van der Waals surface area (Å²) in [5.41, 5.74) is 0.893. The summed E-state index contributed by atoms with van der Waals surface area (Å²) in [6.45, 7) is 0.252. The second kappa shape index (κ2) is 3.69. The summed E-state index contributed by atoms with van der Waals surface area (Å²) in [6.07, 6.45) is 3.64. The molecular weight excluding hydrogens is 220 g/mol. The first-order valence-corrected chi connectivity index (χ1v) is 5.25. The summed E-state index contributed by atoms with van der Waals surface area (Å²) in [4.78, 5) is 4.31. The van der Waals surface area contributed by atoms with Crippen LogP contribution in [0.1, 0.15) is 0 Å². The van der Waals surface area contributed by atoms with E-state index in [9.17, 15) is 0 Å². The molecule has 3 rings (SSSR count). The molecule has 0 fully saturated rings. The van der Waals surface area contributed by atoms with Crippen molar-refractivity contribution in [2.45, 2.75) is 0 Å². The van der Waals surface area contributed by atoms with Gasteiger partial charge in [0.1, 0.15) is 11.6 Å². The van der Waals surface area contributed by atoms with E-state index in [1.165, 1.54) is 0 Å². The monoisotopic (exact) mass is 232 g/mol. The Bertz CT molecular complexity index is 563. The van der Waals surface area contributed by atoms with Crippen LogP contribution in [0.25, 0.3) is 11.4 Å². The summed E-state index contributed by atoms with van der Waals surface area (Å²) in [5.74, 6) is 2.99. The highest BCUT2D eigenvalue weighted by Gasteiger charge is 2.20. The molecule has 0 N–H and O–H groups in total. The van der Waals surface area contributed by atoms with E-state index in [2.05, 4.69) is 4.98 Å². The molecule has 1 aliphatic heterocycles. The van der Waals surface area contributed by atoms with Crippen molar-refractivity contribution in [3.05, 3.63) is 24.5 Å². The number of imidazole rings is 1. The fraction of sp³-hybridized carbons (Fsp3) is 0.250. The van der Waals surface area contributed by atoms with Crippen LogP contribution in [0.4, 0.5) is 0 Å². The van der Waals surface area contributed by atoms with E-state index in [1.807, 2.05) is 29.9 Å². The molecule has 88 valence electrons. The van der Waals surface area contributed by atoms with Gasteiger partial charge in [0.15, 0.2) is 11.5 Å². The minimum atomic E-state index is 0.252. The molecule has 0 bridgehead atoms. The molecule has 1 aliphatic rings. The Balaban J connectivity index is 2.19. The van der Waals surface area contributed by atoms with Crippen LogP contribution in [0.3, 0.4) is 0 Å². The molecule has 0 atom stereocenters. The normalized spacial score (nSPS) is 12.8. The van der Waals surface area contributed by atoms with Gasteiger partial charge in [0, 0.05) is 25.5 Å². The lowest BCUT2D eigenvalue weighted by atomic mass is 10.1. The molecule has 2 heterocycles. The van der Waals surface area contributed by atoms with E-state index in [0.29, 0.717) is 5.75 Å². The van der Waals surface area contributed by atoms with Gasteiger partial charge >= 0.3 is 0 Å². The Hall–Kier alpha value is -2.17. The Labute approximate surface area is 98.6 Å². The van der Waals surface area contributed by atoms with Gasteiger partial charge in [0.2, 0.25) is 6.79 Å². The predicted octanol–water partition coefficient (Wildman–Crippen LogP) is 1.82. The van der Waals surface area contributed by atoms with Crippen LogP contribution < -0.4 is 14.2 Å². The zero-order chi connectivity index (χ0) is 11.8. The molecule has 0 saturated carbocycles. The number of benzene rings is 1. The molecular formula is C12H12N2O3. The number of aryl methyl sites for hydroxylation is 1. The second-order valence-electron chi connectivity index (χ2n) is 3.77. The molecule has 5 heteroatoms. The Kier molecular flexibility index (Phi) is 2.18. The van der Waals surface area contributed by atoms with Gasteiger partial charge in [-0.25, -0.2) is 4.98 Å². The summed E-state index contributed by atoms with van der Waals surface area (Å²) in [5, 5.41) is 0. The maximum atomic E-state index is 5.36. The number of aromatic nitrogens is 2. The first-order chi connectivity index (χ1) is 8.29. The fourth-order valence-electron chi connectivity index (χ4n) is 1.89. The van der Waals surface area contributed by atoms with Crippen molar-refractivity contribution in [3.63, 3.8) is 0 Å². The summed E-state index contributed by atoms with van der Waals surface area (Å²) in [6, 6.07) is 3.72. The number of methoxy groups -OCH3 is 1. The molecule has 1 aromatic carbocycles. The number of fused-ring (bicyclic) bond motifs is 1. The zero-order valence-corrected chi connectivity index (χ0v) is 9.64. The topological polar surface area (TPSA) is 45.5 Å². The van der Waals surface area contributed by atoms with Crippen LogP contribution in [-0.4, -0.2) is 23.5 Å². The third-order valence-electron chi connectivity index (χ3n) is 2.76. The summed E-state index contributed by atoms with van der Waals surface area (Å²) < 4.78 is 18.0. The van der Waals surface area contributed by atoms with Crippen LogP contribution in [0.5, 0.6) is 17.2 Å². The van der Waals surface area contributed by atoms with Crippen LogP contribution in [0.2, 0.25) is 0 Å². The van der Waals surface area contributed by atoms with Crippen LogP contribution in [0.15, 0.2) is 24.5 Å². The highest BCUT2D eigenvalue weighted by Crippen LogP contribution is 2.41. The van der Waals surface area contributed by atoms with Gasteiger partial charge in [-0.15, -0.1) is 0 Å². The van der Waals surface area contributed by atoms with Crippen molar-refractivity contribution in [1.82, 2.24) is 9.55 Å². The SMILES string of the molecule is COc1cc2c(cc1-c1nccn1C)OCO2. The second-order valence-corrected chi connectivity index (χ2v) is 3.77. The van der Waals surface area contributed by atoms with Crippen molar-refractivity contribution >= 4 is 0 Å². The minimum Gasteiger partial charge on any atom is -0.496 e. The number of rotatable bonds is 2. The molecule has 5 nitrogen and oxygen atoms in total. The van der Waals surface area contributed by atoms with Crippen molar-refractivity contribution < 1.29 is 14.2 Å². The van der Waals surface area contributed by atoms with Gasteiger partial charge in [-0.05, 0) is 6.07 Å². The number of hydrogen-bond donors (Lipinski definition) is 0. The van der Waals surface area contributed by atoms with Gasteiger partial charge < -0.3 is 18.8 Å². The average Bonchev–Trinajstić information content (AvgIpc) is 2.94. The lowest BCUT2D eigenvalue weighted by Crippen LogP contribution is -1.95. The first-order valence-electron chi connectivity index (χ1n) is 5.25. The standard InChI is InChI=1S/C12H12N2O3/c1-14-4-3-13-12(14)8-5-10-11(17-7-16-10)6-9(8)15-2/h3-6H,7H2,1-2H3. The molecule has 2 aromatic rings. The molecule has 0 saturated heterocycles. The average molecular weight is 232 g/mol. The van der Waals surface area contributed by atoms with E-state index in [1.54, 1.807) is 13.3 Å². The van der Waals surface area contributed by atoms with E-state index in [0.717, 1.165) is 22.9 Å². The molecule has 0 unspecified atom stereocenters. The van der Waals surface area contributed by atoms with Gasteiger partial charge in [-0.3, -0.25) is 0 Å². The van der Waals surface area contributed by atoms with Crippen LogP contribution in [0, 0.1) is 0 Å². The predicted molar refractivity (Wildman–Crippen MR) is 61.3 cm³/mol. The van der Waals surface area contributed by atoms with Gasteiger partial charge in [0.25, 0.3) is 0 Å². The van der Waals surface area contributed by atoms with E-state index >= 15 is 0 Å². The quantitative estimate of drug-likeness (QED) is 0.792. The zero-order valence-electron chi connectivity index (χ0n) is 9.64. The third kappa shape index (κ3) is 1.51. The van der Waals surface area contributed by atoms with Crippen molar-refractivity contribution in [2.24, 2.45) is 7.05 Å². The smallest absolute Gasteiger partial charge is 0.231 e. The first kappa shape index (κ1) is 10.0. The highest BCUT2D eigenvalue weighted by molar-refractivity contribution is 5.70. The maximum Gasteiger partial charge on any atom is 0.231 e. The van der Waals surface area contributed by atoms with Crippen LogP contribution >= 0.6 is 0 Å². The summed E-state index contributed by atoms with van der Waals surface area (Å²) >= 11 is 0. The van der Waals surface area contributed by atoms with E-state index in [4.69, 9.17) is 14.2 Å². The highest BCUT2D eigenvalue weighted by atomic mass is 16.7. The molecule has 1 aromatic heterocycles. The molecule has 0 amide bonds. The van der Waals surface area contributed by atoms with E-state index in [-0.39, 0.29) is 6.79 Å². The Morgan fingerprint density at radius 3 is 2.71 bits per heavy atom.